The highest BCUT2D eigenvalue weighted by Crippen LogP contribution is 2.22. The van der Waals surface area contributed by atoms with Crippen LogP contribution in [0.15, 0.2) is 27.8 Å². The van der Waals surface area contributed by atoms with E-state index in [1.54, 1.807) is 13.3 Å². The number of aromatic nitrogens is 3. The molecule has 1 N–H and O–H groups in total. The molecule has 0 bridgehead atoms. The number of ether oxygens (including phenoxy) is 3. The van der Waals surface area contributed by atoms with Gasteiger partial charge in [-0.25, -0.2) is 5.43 Å². The molecular weight excluding hydrogens is 454 g/mol. The standard InChI is InChI=1S/C19H24BrN7O3/c1-28-16-3-2-15(20)12-14(16)13-21-25-17-22-18(26-4-8-29-9-5-26)24-19(23-17)27-6-10-30-11-7-27/h2-3,12-13H,4-11H2,1H3,(H,22,23,24,25)/b21-13+. The molecule has 0 aliphatic carbocycles. The number of nitrogens with one attached hydrogen (secondary N) is 1. The Bertz CT molecular complexity index is 850. The Kier molecular flexibility index (Phi) is 6.92. The quantitative estimate of drug-likeness (QED) is 0.492. The largest absolute Gasteiger partial charge is 0.496 e. The molecular formula is C19H24BrN7O3. The summed E-state index contributed by atoms with van der Waals surface area (Å²) in [4.78, 5) is 18.0. The fourth-order valence-electron chi connectivity index (χ4n) is 3.18. The lowest BCUT2D eigenvalue weighted by Gasteiger charge is -2.30. The molecule has 0 saturated carbocycles. The van der Waals surface area contributed by atoms with Crippen molar-refractivity contribution in [1.82, 2.24) is 15.0 Å². The minimum atomic E-state index is 0.387. The van der Waals surface area contributed by atoms with Crippen molar-refractivity contribution in [1.29, 1.82) is 0 Å². The van der Waals surface area contributed by atoms with E-state index in [-0.39, 0.29) is 0 Å². The number of nitrogens with zero attached hydrogens (tertiary/aromatic N) is 6. The van der Waals surface area contributed by atoms with Gasteiger partial charge in [-0.2, -0.15) is 20.1 Å². The number of hydrazone groups is 1. The van der Waals surface area contributed by atoms with E-state index in [4.69, 9.17) is 14.2 Å². The van der Waals surface area contributed by atoms with Crippen LogP contribution in [0.4, 0.5) is 17.8 Å². The lowest BCUT2D eigenvalue weighted by Crippen LogP contribution is -2.40. The van der Waals surface area contributed by atoms with Gasteiger partial charge in [0.05, 0.1) is 39.8 Å². The first-order valence-electron chi connectivity index (χ1n) is 9.77. The summed E-state index contributed by atoms with van der Waals surface area (Å²) in [6.07, 6.45) is 1.68. The molecule has 0 radical (unpaired) electrons. The van der Waals surface area contributed by atoms with E-state index >= 15 is 0 Å². The monoisotopic (exact) mass is 477 g/mol. The van der Waals surface area contributed by atoms with Crippen molar-refractivity contribution >= 4 is 40.0 Å². The van der Waals surface area contributed by atoms with Gasteiger partial charge in [-0.05, 0) is 18.2 Å². The second-order valence-corrected chi connectivity index (χ2v) is 7.63. The van der Waals surface area contributed by atoms with Gasteiger partial charge in [0, 0.05) is 36.2 Å². The molecule has 2 fully saturated rings. The summed E-state index contributed by atoms with van der Waals surface area (Å²) in [5.41, 5.74) is 3.77. The Morgan fingerprint density at radius 1 is 1.00 bits per heavy atom. The maximum absolute atomic E-state index is 5.45. The Balaban J connectivity index is 1.57. The van der Waals surface area contributed by atoms with E-state index in [0.717, 1.165) is 42.0 Å². The smallest absolute Gasteiger partial charge is 0.250 e. The van der Waals surface area contributed by atoms with Crippen LogP contribution in [0.5, 0.6) is 5.75 Å². The van der Waals surface area contributed by atoms with Gasteiger partial charge in [0.25, 0.3) is 0 Å². The average molecular weight is 478 g/mol. The van der Waals surface area contributed by atoms with Crippen LogP contribution in [0, 0.1) is 0 Å². The first-order valence-corrected chi connectivity index (χ1v) is 10.6. The van der Waals surface area contributed by atoms with Crippen LogP contribution in [0.2, 0.25) is 0 Å². The van der Waals surface area contributed by atoms with E-state index < -0.39 is 0 Å². The minimum Gasteiger partial charge on any atom is -0.496 e. The molecule has 0 atom stereocenters. The minimum absolute atomic E-state index is 0.387. The van der Waals surface area contributed by atoms with Crippen molar-refractivity contribution in [3.8, 4) is 5.75 Å². The molecule has 2 saturated heterocycles. The van der Waals surface area contributed by atoms with E-state index in [9.17, 15) is 0 Å². The molecule has 0 spiro atoms. The van der Waals surface area contributed by atoms with Gasteiger partial charge in [0.2, 0.25) is 17.8 Å². The Morgan fingerprint density at radius 2 is 1.60 bits per heavy atom. The van der Waals surface area contributed by atoms with Crippen molar-refractivity contribution in [3.63, 3.8) is 0 Å². The number of anilines is 3. The molecule has 10 nitrogen and oxygen atoms in total. The highest BCUT2D eigenvalue weighted by Gasteiger charge is 2.20. The van der Waals surface area contributed by atoms with E-state index in [2.05, 4.69) is 51.2 Å². The van der Waals surface area contributed by atoms with Crippen molar-refractivity contribution in [2.75, 3.05) is 74.9 Å². The summed E-state index contributed by atoms with van der Waals surface area (Å²) in [6.45, 7) is 5.58. The summed E-state index contributed by atoms with van der Waals surface area (Å²) in [5.74, 6) is 2.35. The van der Waals surface area contributed by atoms with Crippen molar-refractivity contribution in [2.45, 2.75) is 0 Å². The third-order valence-electron chi connectivity index (χ3n) is 4.76. The van der Waals surface area contributed by atoms with Gasteiger partial charge in [-0.1, -0.05) is 15.9 Å². The van der Waals surface area contributed by atoms with Crippen molar-refractivity contribution in [3.05, 3.63) is 28.2 Å². The number of rotatable bonds is 6. The Hall–Kier alpha value is -2.50. The predicted molar refractivity (Wildman–Crippen MR) is 118 cm³/mol. The van der Waals surface area contributed by atoms with Gasteiger partial charge < -0.3 is 24.0 Å². The SMILES string of the molecule is COc1ccc(Br)cc1/C=N/Nc1nc(N2CCOCC2)nc(N2CCOCC2)n1. The van der Waals surface area contributed by atoms with Crippen LogP contribution >= 0.6 is 15.9 Å². The zero-order chi connectivity index (χ0) is 20.8. The van der Waals surface area contributed by atoms with Gasteiger partial charge in [0.15, 0.2) is 0 Å². The van der Waals surface area contributed by atoms with E-state index in [1.165, 1.54) is 0 Å². The summed E-state index contributed by atoms with van der Waals surface area (Å²) in [7, 11) is 1.63. The van der Waals surface area contributed by atoms with Crippen LogP contribution in [0.1, 0.15) is 5.56 Å². The molecule has 30 heavy (non-hydrogen) atoms. The molecule has 1 aromatic heterocycles. The van der Waals surface area contributed by atoms with Crippen molar-refractivity contribution in [2.24, 2.45) is 5.10 Å². The van der Waals surface area contributed by atoms with Crippen LogP contribution in [0.25, 0.3) is 0 Å². The molecule has 4 rings (SSSR count). The molecule has 1 aromatic carbocycles. The summed E-state index contributed by atoms with van der Waals surface area (Å²) >= 11 is 3.47. The lowest BCUT2D eigenvalue weighted by atomic mass is 10.2. The maximum atomic E-state index is 5.45. The molecule has 11 heteroatoms. The third-order valence-corrected chi connectivity index (χ3v) is 5.25. The summed E-state index contributed by atoms with van der Waals surface area (Å²) < 4.78 is 17.2. The zero-order valence-corrected chi connectivity index (χ0v) is 18.3. The number of hydrogen-bond donors (Lipinski definition) is 1. The van der Waals surface area contributed by atoms with Gasteiger partial charge in [-0.3, -0.25) is 0 Å². The highest BCUT2D eigenvalue weighted by atomic mass is 79.9. The molecule has 160 valence electrons. The predicted octanol–water partition coefficient (Wildman–Crippen LogP) is 1.76. The van der Waals surface area contributed by atoms with Crippen LogP contribution in [-0.4, -0.2) is 80.9 Å². The number of morpholine rings is 2. The normalized spacial score (nSPS) is 17.4. The maximum Gasteiger partial charge on any atom is 0.250 e. The van der Waals surface area contributed by atoms with Gasteiger partial charge in [0.1, 0.15) is 5.75 Å². The zero-order valence-electron chi connectivity index (χ0n) is 16.8. The van der Waals surface area contributed by atoms with Crippen LogP contribution in [0.3, 0.4) is 0 Å². The van der Waals surface area contributed by atoms with E-state index in [1.807, 2.05) is 18.2 Å². The topological polar surface area (TPSA) is 97.2 Å². The van der Waals surface area contributed by atoms with Crippen LogP contribution in [-0.2, 0) is 9.47 Å². The lowest BCUT2D eigenvalue weighted by molar-refractivity contribution is 0.121. The number of benzene rings is 1. The highest BCUT2D eigenvalue weighted by molar-refractivity contribution is 9.10. The molecule has 2 aromatic rings. The van der Waals surface area contributed by atoms with Gasteiger partial charge >= 0.3 is 0 Å². The first-order chi connectivity index (χ1) is 14.7. The van der Waals surface area contributed by atoms with Crippen molar-refractivity contribution < 1.29 is 14.2 Å². The number of hydrogen-bond acceptors (Lipinski definition) is 10. The Labute approximate surface area is 183 Å². The molecule has 0 amide bonds. The Morgan fingerprint density at radius 3 is 2.17 bits per heavy atom. The first kappa shape index (κ1) is 20.8. The second kappa shape index (κ2) is 10.0. The van der Waals surface area contributed by atoms with Gasteiger partial charge in [-0.15, -0.1) is 0 Å². The average Bonchev–Trinajstić information content (AvgIpc) is 2.80. The number of methoxy groups -OCH3 is 1. The fraction of sp³-hybridized carbons (Fsp3) is 0.474. The van der Waals surface area contributed by atoms with E-state index in [0.29, 0.717) is 44.3 Å². The molecule has 3 heterocycles. The summed E-state index contributed by atoms with van der Waals surface area (Å²) in [6, 6.07) is 5.72. The summed E-state index contributed by atoms with van der Waals surface area (Å²) in [5, 5.41) is 4.32. The third kappa shape index (κ3) is 5.15. The molecule has 0 unspecified atom stereocenters. The molecule has 2 aliphatic heterocycles. The van der Waals surface area contributed by atoms with Crippen LogP contribution < -0.4 is 20.0 Å². The second-order valence-electron chi connectivity index (χ2n) is 6.71. The fourth-order valence-corrected chi connectivity index (χ4v) is 3.56. The molecule has 2 aliphatic rings. The number of halogens is 1.